The fourth-order valence-corrected chi connectivity index (χ4v) is 11.2. The number of anilines is 4. The quantitative estimate of drug-likeness (QED) is 0.163. The van der Waals surface area contributed by atoms with E-state index in [1.165, 1.54) is 27.2 Å². The van der Waals surface area contributed by atoms with E-state index < -0.39 is 29.7 Å². The molecule has 2 N–H and O–H groups in total. The predicted octanol–water partition coefficient (Wildman–Crippen LogP) is 6.11. The van der Waals surface area contributed by atoms with Gasteiger partial charge in [0, 0.05) is 117 Å². The van der Waals surface area contributed by atoms with Gasteiger partial charge >= 0.3 is 6.03 Å². The average molecular weight is 939 g/mol. The van der Waals surface area contributed by atoms with Gasteiger partial charge in [0.25, 0.3) is 11.8 Å². The number of hydrogen-bond donors (Lipinski definition) is 2. The zero-order valence-corrected chi connectivity index (χ0v) is 38.5. The van der Waals surface area contributed by atoms with Crippen molar-refractivity contribution in [2.24, 2.45) is 13.0 Å². The van der Waals surface area contributed by atoms with Crippen molar-refractivity contribution < 1.29 is 28.4 Å². The molecule has 2 atom stereocenters. The molecular formula is C49H51FN12O5S. The van der Waals surface area contributed by atoms with Crippen molar-refractivity contribution in [2.45, 2.75) is 64.1 Å². The highest BCUT2D eigenvalue weighted by atomic mass is 32.1. The highest BCUT2D eigenvalue weighted by Crippen LogP contribution is 2.39. The lowest BCUT2D eigenvalue weighted by molar-refractivity contribution is -0.132. The molecular weight excluding hydrogens is 888 g/mol. The van der Waals surface area contributed by atoms with Crippen molar-refractivity contribution in [1.29, 1.82) is 0 Å². The number of hydrogen-bond acceptors (Lipinski definition) is 11. The summed E-state index contributed by atoms with van der Waals surface area (Å²) in [4.78, 5) is 84.4. The van der Waals surface area contributed by atoms with E-state index in [-0.39, 0.29) is 35.9 Å². The fourth-order valence-electron chi connectivity index (χ4n) is 10.6. The second-order valence-corrected chi connectivity index (χ2v) is 19.2. The van der Waals surface area contributed by atoms with Gasteiger partial charge in [-0.3, -0.25) is 39.4 Å². The molecule has 6 aromatic rings. The molecule has 3 fully saturated rings. The Morgan fingerprint density at radius 1 is 0.868 bits per heavy atom. The van der Waals surface area contributed by atoms with E-state index in [1.54, 1.807) is 28.7 Å². The third-order valence-electron chi connectivity index (χ3n) is 14.3. The van der Waals surface area contributed by atoms with Gasteiger partial charge in [-0.1, -0.05) is 12.1 Å². The predicted molar refractivity (Wildman–Crippen MR) is 255 cm³/mol. The van der Waals surface area contributed by atoms with E-state index in [0.29, 0.717) is 67.3 Å². The smallest absolute Gasteiger partial charge is 0.329 e. The number of carbonyl (C=O) groups is 5. The number of rotatable bonds is 10. The minimum Gasteiger partial charge on any atom is -0.371 e. The van der Waals surface area contributed by atoms with Crippen molar-refractivity contribution >= 4 is 74.2 Å². The van der Waals surface area contributed by atoms with Gasteiger partial charge < -0.3 is 24.2 Å². The van der Waals surface area contributed by atoms with Crippen LogP contribution in [0.3, 0.4) is 0 Å². The molecule has 5 aliphatic rings. The number of aromatic nitrogens is 5. The van der Waals surface area contributed by atoms with Crippen LogP contribution in [0.15, 0.2) is 72.5 Å². The topological polar surface area (TPSA) is 174 Å². The number of carbonyl (C=O) groups excluding carboxylic acids is 5. The van der Waals surface area contributed by atoms with Crippen molar-refractivity contribution in [3.05, 3.63) is 101 Å². The Hall–Kier alpha value is -7.15. The minimum absolute atomic E-state index is 0.0583. The van der Waals surface area contributed by atoms with Crippen LogP contribution in [0.5, 0.6) is 0 Å². The van der Waals surface area contributed by atoms with Crippen LogP contribution < -0.4 is 25.3 Å². The molecule has 3 saturated heterocycles. The lowest BCUT2D eigenvalue weighted by Crippen LogP contribution is -2.49. The van der Waals surface area contributed by atoms with Crippen LogP contribution >= 0.6 is 11.3 Å². The molecule has 68 heavy (non-hydrogen) atoms. The number of benzene rings is 3. The first-order valence-corrected chi connectivity index (χ1v) is 24.3. The van der Waals surface area contributed by atoms with Gasteiger partial charge in [-0.2, -0.15) is 5.10 Å². The van der Waals surface area contributed by atoms with Gasteiger partial charge in [0.15, 0.2) is 17.0 Å². The number of urea groups is 1. The monoisotopic (exact) mass is 938 g/mol. The molecule has 17 nitrogen and oxygen atoms in total. The molecule has 2 unspecified atom stereocenters. The van der Waals surface area contributed by atoms with E-state index in [2.05, 4.69) is 47.6 Å². The summed E-state index contributed by atoms with van der Waals surface area (Å²) < 4.78 is 19.8. The summed E-state index contributed by atoms with van der Waals surface area (Å²) >= 11 is 1.28. The number of imidazole rings is 1. The Kier molecular flexibility index (Phi) is 11.4. The van der Waals surface area contributed by atoms with E-state index in [4.69, 9.17) is 0 Å². The fraction of sp³-hybridized carbons (Fsp3) is 0.388. The van der Waals surface area contributed by atoms with Crippen LogP contribution in [0, 0.1) is 11.7 Å². The van der Waals surface area contributed by atoms with Gasteiger partial charge in [-0.25, -0.2) is 19.2 Å². The van der Waals surface area contributed by atoms with E-state index in [0.717, 1.165) is 85.3 Å². The Morgan fingerprint density at radius 3 is 2.47 bits per heavy atom. The third-order valence-corrected chi connectivity index (χ3v) is 15.0. The molecule has 350 valence electrons. The second kappa shape index (κ2) is 17.8. The van der Waals surface area contributed by atoms with Gasteiger partial charge in [0.05, 0.1) is 24.1 Å². The molecule has 6 amide bonds. The van der Waals surface area contributed by atoms with Crippen molar-refractivity contribution in [1.82, 2.24) is 39.4 Å². The van der Waals surface area contributed by atoms with Crippen molar-refractivity contribution in [2.75, 3.05) is 65.8 Å². The summed E-state index contributed by atoms with van der Waals surface area (Å²) in [5, 5.41) is 12.9. The standard InChI is InChI=1S/C49H51FN12O5S/c1-56-40-27-34(10-11-35(40)45(55-56)61-18-13-41(63)53-49(61)67)57-15-2-4-30(12-17-57)24-42(64)59-21-19-58(20-22-59)33-8-6-31(7-9-33)32-25-36-37(38(50)26-32)28-62(47(36)66)44(46(65)54-48-51-14-23-68-48)43-39-5-3-16-60(39)29-52-43/h6-11,14,23,25-27,29-30,44H,2-5,12-13,15-22,24,28H2,1H3,(H,51,54,65)(H,53,63,67). The minimum atomic E-state index is -1.06. The number of nitrogens with zero attached hydrogens (tertiary/aromatic N) is 10. The maximum Gasteiger partial charge on any atom is 0.329 e. The maximum atomic E-state index is 16.0. The lowest BCUT2D eigenvalue weighted by atomic mass is 9.96. The van der Waals surface area contributed by atoms with Crippen LogP contribution in [0.1, 0.15) is 71.9 Å². The Morgan fingerprint density at radius 2 is 1.68 bits per heavy atom. The molecule has 5 aliphatic heterocycles. The van der Waals surface area contributed by atoms with E-state index in [9.17, 15) is 24.0 Å². The van der Waals surface area contributed by atoms with Crippen LogP contribution in [0.4, 0.5) is 31.5 Å². The van der Waals surface area contributed by atoms with Gasteiger partial charge in [0.1, 0.15) is 5.82 Å². The highest BCUT2D eigenvalue weighted by Gasteiger charge is 2.42. The van der Waals surface area contributed by atoms with Crippen LogP contribution in [0.25, 0.3) is 22.0 Å². The summed E-state index contributed by atoms with van der Waals surface area (Å²) in [6.45, 7) is 5.38. The van der Waals surface area contributed by atoms with Crippen LogP contribution in [-0.2, 0) is 40.9 Å². The largest absolute Gasteiger partial charge is 0.371 e. The number of thiazole rings is 1. The number of imide groups is 1. The zero-order valence-electron chi connectivity index (χ0n) is 37.7. The van der Waals surface area contributed by atoms with Gasteiger partial charge in [-0.15, -0.1) is 11.3 Å². The number of amides is 6. The van der Waals surface area contributed by atoms with Crippen molar-refractivity contribution in [3.8, 4) is 11.1 Å². The van der Waals surface area contributed by atoms with Gasteiger partial charge in [-0.05, 0) is 91.6 Å². The number of fused-ring (bicyclic) bond motifs is 3. The summed E-state index contributed by atoms with van der Waals surface area (Å²) in [6.07, 6.45) is 8.59. The third kappa shape index (κ3) is 8.11. The summed E-state index contributed by atoms with van der Waals surface area (Å²) in [5.41, 5.74) is 6.23. The first kappa shape index (κ1) is 43.4. The number of halogens is 1. The molecule has 3 aromatic carbocycles. The first-order chi connectivity index (χ1) is 33.1. The lowest BCUT2D eigenvalue weighted by Gasteiger charge is -2.36. The normalized spacial score (nSPS) is 19.1. The molecule has 0 radical (unpaired) electrons. The van der Waals surface area contributed by atoms with E-state index in [1.807, 2.05) is 46.8 Å². The second-order valence-electron chi connectivity index (χ2n) is 18.3. The Bertz CT molecular complexity index is 2960. The molecule has 0 spiro atoms. The first-order valence-electron chi connectivity index (χ1n) is 23.4. The molecule has 0 saturated carbocycles. The molecule has 3 aromatic heterocycles. The number of nitrogens with one attached hydrogen (secondary N) is 2. The highest BCUT2D eigenvalue weighted by molar-refractivity contribution is 7.13. The zero-order chi connectivity index (χ0) is 46.6. The maximum absolute atomic E-state index is 16.0. The number of piperazine rings is 1. The van der Waals surface area contributed by atoms with E-state index >= 15 is 4.39 Å². The number of aryl methyl sites for hydroxylation is 2. The Labute approximate surface area is 395 Å². The summed E-state index contributed by atoms with van der Waals surface area (Å²) in [5.74, 6) is -0.619. The molecule has 11 rings (SSSR count). The molecule has 0 aliphatic carbocycles. The SMILES string of the molecule is Cn1nc(N2CCC(=O)NC2=O)c2ccc(N3CCCC(CC(=O)N4CCN(c5ccc(-c6cc(F)c7c(c6)C(=O)N(C(C(=O)Nc6nccs6)c6ncn8c6CCC8)C7)cc5)CC4)CC3)cc21. The van der Waals surface area contributed by atoms with Crippen LogP contribution in [0.2, 0.25) is 0 Å². The average Bonchev–Trinajstić information content (AvgIpc) is 4.19. The summed E-state index contributed by atoms with van der Waals surface area (Å²) in [6, 6.07) is 15.7. The molecule has 19 heteroatoms. The molecule has 8 heterocycles. The van der Waals surface area contributed by atoms with Crippen LogP contribution in [-0.4, -0.2) is 110 Å². The summed E-state index contributed by atoms with van der Waals surface area (Å²) in [7, 11) is 1.86. The van der Waals surface area contributed by atoms with Gasteiger partial charge in [0.2, 0.25) is 11.8 Å². The molecule has 0 bridgehead atoms. The van der Waals surface area contributed by atoms with Crippen molar-refractivity contribution in [3.63, 3.8) is 0 Å². The Balaban J connectivity index is 0.697.